The van der Waals surface area contributed by atoms with Crippen molar-refractivity contribution in [2.75, 3.05) is 18.6 Å². The maximum atomic E-state index is 11.5. The van der Waals surface area contributed by atoms with Crippen molar-refractivity contribution < 1.29 is 18.3 Å². The van der Waals surface area contributed by atoms with Crippen LogP contribution in [0.3, 0.4) is 0 Å². The molecule has 0 aromatic heterocycles. The Kier molecular flexibility index (Phi) is 5.74. The lowest BCUT2D eigenvalue weighted by molar-refractivity contribution is -0.119. The van der Waals surface area contributed by atoms with E-state index in [4.69, 9.17) is 5.11 Å². The summed E-state index contributed by atoms with van der Waals surface area (Å²) < 4.78 is 22.0. The van der Waals surface area contributed by atoms with E-state index in [1.54, 1.807) is 31.2 Å². The maximum Gasteiger partial charge on any atom is 0.235 e. The Labute approximate surface area is 118 Å². The lowest BCUT2D eigenvalue weighted by Gasteiger charge is -2.14. The van der Waals surface area contributed by atoms with Crippen LogP contribution < -0.4 is 5.32 Å². The molecule has 0 aliphatic rings. The highest BCUT2D eigenvalue weighted by Gasteiger charge is 2.14. The Morgan fingerprint density at radius 1 is 1.35 bits per heavy atom. The molecule has 0 spiro atoms. The van der Waals surface area contributed by atoms with Crippen molar-refractivity contribution in [2.45, 2.75) is 13.0 Å². The Morgan fingerprint density at radius 3 is 2.45 bits per heavy atom. The number of aliphatic hydroxyl groups is 1. The molecule has 0 aliphatic heterocycles. The number of aliphatic hydroxyl groups excluding tert-OH is 1. The van der Waals surface area contributed by atoms with Crippen LogP contribution in [0.2, 0.25) is 0 Å². The van der Waals surface area contributed by atoms with Crippen molar-refractivity contribution in [3.63, 3.8) is 0 Å². The minimum Gasteiger partial charge on any atom is -0.384 e. The largest absolute Gasteiger partial charge is 0.384 e. The van der Waals surface area contributed by atoms with Crippen LogP contribution in [0.1, 0.15) is 24.1 Å². The van der Waals surface area contributed by atoms with Gasteiger partial charge in [0.25, 0.3) is 0 Å². The SMILES string of the molecule is CC(NC(=O)CS(C)(=O)=O)c1ccc(C#CCO)cc1. The molecule has 0 radical (unpaired) electrons. The van der Waals surface area contributed by atoms with Crippen molar-refractivity contribution >= 4 is 15.7 Å². The van der Waals surface area contributed by atoms with Gasteiger partial charge in [-0.3, -0.25) is 4.79 Å². The van der Waals surface area contributed by atoms with Crippen LogP contribution >= 0.6 is 0 Å². The van der Waals surface area contributed by atoms with Crippen LogP contribution in [0, 0.1) is 11.8 Å². The van der Waals surface area contributed by atoms with E-state index in [0.29, 0.717) is 0 Å². The second-order valence-electron chi connectivity index (χ2n) is 4.44. The van der Waals surface area contributed by atoms with Gasteiger partial charge in [0.15, 0.2) is 9.84 Å². The summed E-state index contributed by atoms with van der Waals surface area (Å²) in [6.45, 7) is 1.58. The van der Waals surface area contributed by atoms with Crippen LogP contribution in [0.4, 0.5) is 0 Å². The molecule has 1 amide bonds. The van der Waals surface area contributed by atoms with Crippen molar-refractivity contribution in [2.24, 2.45) is 0 Å². The predicted molar refractivity (Wildman–Crippen MR) is 76.7 cm³/mol. The summed E-state index contributed by atoms with van der Waals surface area (Å²) in [5.74, 6) is 4.27. The number of hydrogen-bond donors (Lipinski definition) is 2. The molecule has 108 valence electrons. The van der Waals surface area contributed by atoms with Gasteiger partial charge in [0, 0.05) is 11.8 Å². The third-order valence-electron chi connectivity index (χ3n) is 2.49. The van der Waals surface area contributed by atoms with E-state index < -0.39 is 21.5 Å². The number of sulfone groups is 1. The lowest BCUT2D eigenvalue weighted by Crippen LogP contribution is -2.32. The second kappa shape index (κ2) is 7.08. The van der Waals surface area contributed by atoms with Gasteiger partial charge >= 0.3 is 0 Å². The van der Waals surface area contributed by atoms with Gasteiger partial charge in [-0.25, -0.2) is 8.42 Å². The van der Waals surface area contributed by atoms with E-state index in [9.17, 15) is 13.2 Å². The zero-order valence-electron chi connectivity index (χ0n) is 11.4. The highest BCUT2D eigenvalue weighted by Crippen LogP contribution is 2.13. The molecule has 0 aliphatic carbocycles. The minimum absolute atomic E-state index is 0.195. The van der Waals surface area contributed by atoms with E-state index in [0.717, 1.165) is 17.4 Å². The van der Waals surface area contributed by atoms with E-state index in [1.807, 2.05) is 0 Å². The van der Waals surface area contributed by atoms with Gasteiger partial charge in [-0.15, -0.1) is 0 Å². The fraction of sp³-hybridized carbons (Fsp3) is 0.357. The molecule has 0 fully saturated rings. The van der Waals surface area contributed by atoms with Crippen molar-refractivity contribution in [3.8, 4) is 11.8 Å². The molecule has 1 unspecified atom stereocenters. The van der Waals surface area contributed by atoms with E-state index >= 15 is 0 Å². The molecule has 2 N–H and O–H groups in total. The zero-order chi connectivity index (χ0) is 15.2. The molecule has 0 bridgehead atoms. The Balaban J connectivity index is 2.68. The van der Waals surface area contributed by atoms with E-state index in [2.05, 4.69) is 17.2 Å². The third kappa shape index (κ3) is 5.87. The first-order chi connectivity index (χ1) is 9.31. The van der Waals surface area contributed by atoms with Crippen LogP contribution in [-0.4, -0.2) is 38.0 Å². The van der Waals surface area contributed by atoms with E-state index in [-0.39, 0.29) is 12.6 Å². The standard InChI is InChI=1S/C14H17NO4S/c1-11(15-14(17)10-20(2,18)19)13-7-5-12(6-8-13)4-3-9-16/h5-8,11,16H,9-10H2,1-2H3,(H,15,17). The van der Waals surface area contributed by atoms with Gasteiger partial charge in [-0.05, 0) is 24.6 Å². The number of carbonyl (C=O) groups is 1. The summed E-state index contributed by atoms with van der Waals surface area (Å²) in [4.78, 5) is 11.5. The summed E-state index contributed by atoms with van der Waals surface area (Å²) in [5, 5.41) is 11.2. The van der Waals surface area contributed by atoms with Crippen LogP contribution in [0.25, 0.3) is 0 Å². The molecule has 1 rings (SSSR count). The van der Waals surface area contributed by atoms with Crippen molar-refractivity contribution in [3.05, 3.63) is 35.4 Å². The molecule has 0 saturated carbocycles. The average Bonchev–Trinajstić information content (AvgIpc) is 2.34. The number of benzene rings is 1. The average molecular weight is 295 g/mol. The first kappa shape index (κ1) is 16.2. The van der Waals surface area contributed by atoms with Crippen molar-refractivity contribution in [1.82, 2.24) is 5.32 Å². The number of amides is 1. The highest BCUT2D eigenvalue weighted by molar-refractivity contribution is 7.91. The van der Waals surface area contributed by atoms with Gasteiger partial charge in [-0.1, -0.05) is 24.0 Å². The summed E-state index contributed by atoms with van der Waals surface area (Å²) in [6, 6.07) is 6.86. The van der Waals surface area contributed by atoms with Gasteiger partial charge in [0.2, 0.25) is 5.91 Å². The molecular formula is C14H17NO4S. The molecular weight excluding hydrogens is 278 g/mol. The lowest BCUT2D eigenvalue weighted by atomic mass is 10.1. The number of hydrogen-bond acceptors (Lipinski definition) is 4. The molecule has 5 nitrogen and oxygen atoms in total. The van der Waals surface area contributed by atoms with Crippen LogP contribution in [0.5, 0.6) is 0 Å². The fourth-order valence-electron chi connectivity index (χ4n) is 1.60. The van der Waals surface area contributed by atoms with Gasteiger partial charge < -0.3 is 10.4 Å². The Bertz CT molecular complexity index is 623. The van der Waals surface area contributed by atoms with E-state index in [1.165, 1.54) is 0 Å². The molecule has 0 heterocycles. The first-order valence-electron chi connectivity index (χ1n) is 5.98. The fourth-order valence-corrected chi connectivity index (χ4v) is 2.16. The molecule has 6 heteroatoms. The topological polar surface area (TPSA) is 83.5 Å². The predicted octanol–water partition coefficient (Wildman–Crippen LogP) is 0.252. The Morgan fingerprint density at radius 2 is 1.95 bits per heavy atom. The molecule has 20 heavy (non-hydrogen) atoms. The van der Waals surface area contributed by atoms with Crippen LogP contribution in [0.15, 0.2) is 24.3 Å². The summed E-state index contributed by atoms with van der Waals surface area (Å²) >= 11 is 0. The molecule has 0 saturated heterocycles. The second-order valence-corrected chi connectivity index (χ2v) is 6.58. The molecule has 1 aromatic rings. The summed E-state index contributed by atoms with van der Waals surface area (Å²) in [7, 11) is -3.32. The molecule has 1 aromatic carbocycles. The smallest absolute Gasteiger partial charge is 0.235 e. The summed E-state index contributed by atoms with van der Waals surface area (Å²) in [5.41, 5.74) is 1.61. The number of nitrogens with one attached hydrogen (secondary N) is 1. The zero-order valence-corrected chi connectivity index (χ0v) is 12.2. The molecule has 1 atom stereocenters. The third-order valence-corrected chi connectivity index (χ3v) is 3.28. The number of carbonyl (C=O) groups excluding carboxylic acids is 1. The minimum atomic E-state index is -3.32. The summed E-state index contributed by atoms with van der Waals surface area (Å²) in [6.07, 6.45) is 1.02. The normalized spacial score (nSPS) is 12.2. The highest BCUT2D eigenvalue weighted by atomic mass is 32.2. The Hall–Kier alpha value is -1.84. The quantitative estimate of drug-likeness (QED) is 0.780. The van der Waals surface area contributed by atoms with Crippen LogP contribution in [-0.2, 0) is 14.6 Å². The number of rotatable bonds is 4. The van der Waals surface area contributed by atoms with Gasteiger partial charge in [-0.2, -0.15) is 0 Å². The first-order valence-corrected chi connectivity index (χ1v) is 8.04. The van der Waals surface area contributed by atoms with Crippen molar-refractivity contribution in [1.29, 1.82) is 0 Å². The van der Waals surface area contributed by atoms with Gasteiger partial charge in [0.05, 0.1) is 6.04 Å². The maximum absolute atomic E-state index is 11.5. The van der Waals surface area contributed by atoms with Gasteiger partial charge in [0.1, 0.15) is 12.4 Å². The monoisotopic (exact) mass is 295 g/mol.